The molecule has 2 aromatic carbocycles. The summed E-state index contributed by atoms with van der Waals surface area (Å²) in [5.74, 6) is 0. The van der Waals surface area contributed by atoms with Crippen molar-refractivity contribution in [2.24, 2.45) is 0 Å². The fourth-order valence-electron chi connectivity index (χ4n) is 2.35. The van der Waals surface area contributed by atoms with E-state index < -0.39 is 0 Å². The van der Waals surface area contributed by atoms with Crippen molar-refractivity contribution in [1.29, 1.82) is 0 Å². The second-order valence-corrected chi connectivity index (χ2v) is 4.66. The van der Waals surface area contributed by atoms with Gasteiger partial charge in [0, 0.05) is 10.9 Å². The molecule has 0 aliphatic carbocycles. The Balaban J connectivity index is 2.28. The molecular formula is C17H15N. The topological polar surface area (TPSA) is 12.9 Å². The van der Waals surface area contributed by atoms with E-state index in [-0.39, 0.29) is 0 Å². The number of aryl methyl sites for hydroxylation is 2. The zero-order valence-corrected chi connectivity index (χ0v) is 10.6. The van der Waals surface area contributed by atoms with E-state index in [1.807, 2.05) is 6.07 Å². The van der Waals surface area contributed by atoms with E-state index in [1.54, 1.807) is 0 Å². The molecule has 0 bridgehead atoms. The van der Waals surface area contributed by atoms with Gasteiger partial charge < -0.3 is 0 Å². The fourth-order valence-corrected chi connectivity index (χ4v) is 2.35. The lowest BCUT2D eigenvalue weighted by molar-refractivity contribution is 1.34. The van der Waals surface area contributed by atoms with Crippen molar-refractivity contribution in [3.05, 3.63) is 65.7 Å². The van der Waals surface area contributed by atoms with Gasteiger partial charge in [0.05, 0.1) is 11.2 Å². The van der Waals surface area contributed by atoms with Crippen LogP contribution in [0.2, 0.25) is 0 Å². The van der Waals surface area contributed by atoms with E-state index in [0.29, 0.717) is 0 Å². The van der Waals surface area contributed by atoms with E-state index in [9.17, 15) is 0 Å². The number of aromatic nitrogens is 1. The zero-order valence-electron chi connectivity index (χ0n) is 10.6. The van der Waals surface area contributed by atoms with E-state index in [2.05, 4.69) is 62.4 Å². The van der Waals surface area contributed by atoms with Gasteiger partial charge in [0.25, 0.3) is 0 Å². The summed E-state index contributed by atoms with van der Waals surface area (Å²) >= 11 is 0. The molecule has 1 aromatic heterocycles. The molecule has 1 heteroatoms. The molecule has 0 aliphatic heterocycles. The standard InChI is InChI=1S/C17H15N/c1-12-7-3-4-8-14(12)17-11-13(2)15-9-5-6-10-16(15)18-17/h3-11H,1-2H3. The fraction of sp³-hybridized carbons (Fsp3) is 0.118. The Morgan fingerprint density at radius 2 is 1.50 bits per heavy atom. The van der Waals surface area contributed by atoms with Gasteiger partial charge in [-0.3, -0.25) is 0 Å². The van der Waals surface area contributed by atoms with Crippen LogP contribution < -0.4 is 0 Å². The molecule has 0 fully saturated rings. The largest absolute Gasteiger partial charge is 0.248 e. The Labute approximate surface area is 107 Å². The molecule has 3 aromatic rings. The van der Waals surface area contributed by atoms with Crippen LogP contribution in [0.4, 0.5) is 0 Å². The van der Waals surface area contributed by atoms with Crippen molar-refractivity contribution in [2.75, 3.05) is 0 Å². The molecule has 0 N–H and O–H groups in total. The van der Waals surface area contributed by atoms with Crippen molar-refractivity contribution in [3.63, 3.8) is 0 Å². The van der Waals surface area contributed by atoms with Crippen LogP contribution in [0.3, 0.4) is 0 Å². The number of hydrogen-bond donors (Lipinski definition) is 0. The molecule has 0 spiro atoms. The van der Waals surface area contributed by atoms with Crippen LogP contribution in [0.25, 0.3) is 22.2 Å². The van der Waals surface area contributed by atoms with Crippen LogP contribution in [0, 0.1) is 13.8 Å². The lowest BCUT2D eigenvalue weighted by Crippen LogP contribution is -1.90. The molecular weight excluding hydrogens is 218 g/mol. The third kappa shape index (κ3) is 1.78. The summed E-state index contributed by atoms with van der Waals surface area (Å²) in [5.41, 5.74) is 5.88. The first-order valence-corrected chi connectivity index (χ1v) is 6.18. The molecule has 0 unspecified atom stereocenters. The van der Waals surface area contributed by atoms with Crippen molar-refractivity contribution < 1.29 is 0 Å². The Morgan fingerprint density at radius 1 is 0.778 bits per heavy atom. The average Bonchev–Trinajstić information content (AvgIpc) is 2.39. The number of nitrogens with zero attached hydrogens (tertiary/aromatic N) is 1. The van der Waals surface area contributed by atoms with Crippen molar-refractivity contribution in [1.82, 2.24) is 4.98 Å². The van der Waals surface area contributed by atoms with E-state index in [4.69, 9.17) is 4.98 Å². The Bertz CT molecular complexity index is 714. The summed E-state index contributed by atoms with van der Waals surface area (Å²) in [4.78, 5) is 4.77. The van der Waals surface area contributed by atoms with Crippen LogP contribution in [0.5, 0.6) is 0 Å². The highest BCUT2D eigenvalue weighted by atomic mass is 14.7. The van der Waals surface area contributed by atoms with Gasteiger partial charge in [-0.25, -0.2) is 4.98 Å². The minimum atomic E-state index is 1.06. The summed E-state index contributed by atoms with van der Waals surface area (Å²) in [6, 6.07) is 18.9. The number of fused-ring (bicyclic) bond motifs is 1. The summed E-state index contributed by atoms with van der Waals surface area (Å²) in [7, 11) is 0. The van der Waals surface area contributed by atoms with Crippen molar-refractivity contribution in [3.8, 4) is 11.3 Å². The molecule has 0 atom stereocenters. The Morgan fingerprint density at radius 3 is 2.33 bits per heavy atom. The van der Waals surface area contributed by atoms with Gasteiger partial charge in [-0.1, -0.05) is 42.5 Å². The smallest absolute Gasteiger partial charge is 0.0715 e. The predicted octanol–water partition coefficient (Wildman–Crippen LogP) is 4.52. The molecule has 0 aliphatic rings. The van der Waals surface area contributed by atoms with Gasteiger partial charge in [-0.15, -0.1) is 0 Å². The van der Waals surface area contributed by atoms with Crippen molar-refractivity contribution >= 4 is 10.9 Å². The third-order valence-corrected chi connectivity index (χ3v) is 3.34. The second kappa shape index (κ2) is 4.26. The number of hydrogen-bond acceptors (Lipinski definition) is 1. The molecule has 3 rings (SSSR count). The molecule has 88 valence electrons. The van der Waals surface area contributed by atoms with Gasteiger partial charge in [-0.2, -0.15) is 0 Å². The highest BCUT2D eigenvalue weighted by Gasteiger charge is 2.06. The monoisotopic (exact) mass is 233 g/mol. The van der Waals surface area contributed by atoms with Crippen molar-refractivity contribution in [2.45, 2.75) is 13.8 Å². The minimum Gasteiger partial charge on any atom is -0.248 e. The second-order valence-electron chi connectivity index (χ2n) is 4.66. The van der Waals surface area contributed by atoms with Gasteiger partial charge in [0.15, 0.2) is 0 Å². The van der Waals surface area contributed by atoms with E-state index >= 15 is 0 Å². The maximum absolute atomic E-state index is 4.77. The molecule has 18 heavy (non-hydrogen) atoms. The highest BCUT2D eigenvalue weighted by molar-refractivity contribution is 5.85. The molecule has 0 saturated heterocycles. The average molecular weight is 233 g/mol. The third-order valence-electron chi connectivity index (χ3n) is 3.34. The number of rotatable bonds is 1. The normalized spacial score (nSPS) is 10.8. The first-order chi connectivity index (χ1) is 8.75. The highest BCUT2D eigenvalue weighted by Crippen LogP contribution is 2.26. The first kappa shape index (κ1) is 11.0. The van der Waals surface area contributed by atoms with Gasteiger partial charge >= 0.3 is 0 Å². The summed E-state index contributed by atoms with van der Waals surface area (Å²) in [6.45, 7) is 4.27. The molecule has 0 amide bonds. The van der Waals surface area contributed by atoms with Crippen LogP contribution >= 0.6 is 0 Å². The Hall–Kier alpha value is -2.15. The number of pyridine rings is 1. The van der Waals surface area contributed by atoms with E-state index in [0.717, 1.165) is 11.2 Å². The lowest BCUT2D eigenvalue weighted by atomic mass is 10.0. The van der Waals surface area contributed by atoms with Gasteiger partial charge in [0.2, 0.25) is 0 Å². The number of benzene rings is 2. The van der Waals surface area contributed by atoms with Gasteiger partial charge in [0.1, 0.15) is 0 Å². The predicted molar refractivity (Wildman–Crippen MR) is 76.7 cm³/mol. The van der Waals surface area contributed by atoms with Crippen LogP contribution in [0.1, 0.15) is 11.1 Å². The molecule has 0 saturated carbocycles. The first-order valence-electron chi connectivity index (χ1n) is 6.18. The summed E-state index contributed by atoms with van der Waals surface area (Å²) < 4.78 is 0. The quantitative estimate of drug-likeness (QED) is 0.602. The van der Waals surface area contributed by atoms with Crippen LogP contribution in [-0.2, 0) is 0 Å². The van der Waals surface area contributed by atoms with E-state index in [1.165, 1.54) is 22.1 Å². The maximum Gasteiger partial charge on any atom is 0.0715 e. The van der Waals surface area contributed by atoms with Crippen LogP contribution in [0.15, 0.2) is 54.6 Å². The lowest BCUT2D eigenvalue weighted by Gasteiger charge is -2.08. The maximum atomic E-state index is 4.77. The summed E-state index contributed by atoms with van der Waals surface area (Å²) in [5, 5.41) is 1.23. The van der Waals surface area contributed by atoms with Crippen LogP contribution in [-0.4, -0.2) is 4.98 Å². The zero-order chi connectivity index (χ0) is 12.5. The Kier molecular flexibility index (Phi) is 2.60. The molecule has 1 nitrogen and oxygen atoms in total. The molecule has 1 heterocycles. The minimum absolute atomic E-state index is 1.06. The number of para-hydroxylation sites is 1. The SMILES string of the molecule is Cc1ccccc1-c1cc(C)c2ccccc2n1. The summed E-state index contributed by atoms with van der Waals surface area (Å²) in [6.07, 6.45) is 0. The van der Waals surface area contributed by atoms with Gasteiger partial charge in [-0.05, 0) is 37.1 Å². The molecule has 0 radical (unpaired) electrons.